The Balaban J connectivity index is 1.96. The first-order chi connectivity index (χ1) is 7.66. The number of amides is 1. The van der Waals surface area contributed by atoms with Crippen LogP contribution in [-0.4, -0.2) is 23.2 Å². The highest BCUT2D eigenvalue weighted by Gasteiger charge is 2.24. The fourth-order valence-corrected chi connectivity index (χ4v) is 3.29. The molecule has 1 amide bonds. The maximum Gasteiger partial charge on any atom is 0.252 e. The molecule has 0 bridgehead atoms. The standard InChI is InChI=1S/C11H14INO2S/c12-10-5-7(6-16-10)11(15)13-8-3-1-2-4-9(8)14/h5-6,8-9,14H,1-4H2,(H,13,15)/t8-,9-/m0/s1. The lowest BCUT2D eigenvalue weighted by Gasteiger charge is -2.28. The molecule has 3 nitrogen and oxygen atoms in total. The van der Waals surface area contributed by atoms with Crippen LogP contribution in [0.25, 0.3) is 0 Å². The first kappa shape index (κ1) is 12.3. The Morgan fingerprint density at radius 2 is 2.25 bits per heavy atom. The molecule has 2 N–H and O–H groups in total. The molecule has 16 heavy (non-hydrogen) atoms. The third kappa shape index (κ3) is 2.95. The van der Waals surface area contributed by atoms with Gasteiger partial charge in [0.25, 0.3) is 5.91 Å². The van der Waals surface area contributed by atoms with Gasteiger partial charge in [0.15, 0.2) is 0 Å². The van der Waals surface area contributed by atoms with Crippen LogP contribution < -0.4 is 5.32 Å². The van der Waals surface area contributed by atoms with Crippen molar-refractivity contribution in [2.24, 2.45) is 0 Å². The first-order valence-electron chi connectivity index (χ1n) is 5.40. The summed E-state index contributed by atoms with van der Waals surface area (Å²) in [7, 11) is 0. The molecule has 5 heteroatoms. The lowest BCUT2D eigenvalue weighted by atomic mass is 9.92. The van der Waals surface area contributed by atoms with Crippen LogP contribution in [0.2, 0.25) is 0 Å². The summed E-state index contributed by atoms with van der Waals surface area (Å²) in [5, 5.41) is 14.5. The highest BCUT2D eigenvalue weighted by molar-refractivity contribution is 14.1. The van der Waals surface area contributed by atoms with Gasteiger partial charge in [-0.05, 0) is 41.5 Å². The van der Waals surface area contributed by atoms with E-state index in [1.807, 2.05) is 11.4 Å². The molecule has 0 radical (unpaired) electrons. The van der Waals surface area contributed by atoms with Crippen molar-refractivity contribution >= 4 is 39.8 Å². The number of carbonyl (C=O) groups is 1. The van der Waals surface area contributed by atoms with E-state index in [0.29, 0.717) is 5.56 Å². The number of aliphatic hydroxyl groups excluding tert-OH is 1. The van der Waals surface area contributed by atoms with E-state index in [1.54, 1.807) is 11.3 Å². The monoisotopic (exact) mass is 351 g/mol. The van der Waals surface area contributed by atoms with Crippen molar-refractivity contribution in [2.45, 2.75) is 37.8 Å². The zero-order valence-electron chi connectivity index (χ0n) is 8.78. The lowest BCUT2D eigenvalue weighted by molar-refractivity contribution is 0.0717. The highest BCUT2D eigenvalue weighted by Crippen LogP contribution is 2.20. The molecule has 1 aromatic rings. The summed E-state index contributed by atoms with van der Waals surface area (Å²) < 4.78 is 1.10. The highest BCUT2D eigenvalue weighted by atomic mass is 127. The molecule has 0 aliphatic heterocycles. The molecule has 2 rings (SSSR count). The Bertz CT molecular complexity index is 380. The predicted molar refractivity (Wildman–Crippen MR) is 72.8 cm³/mol. The van der Waals surface area contributed by atoms with Crippen molar-refractivity contribution < 1.29 is 9.90 Å². The third-order valence-electron chi connectivity index (χ3n) is 2.88. The van der Waals surface area contributed by atoms with Crippen LogP contribution in [0, 0.1) is 2.88 Å². The summed E-state index contributed by atoms with van der Waals surface area (Å²) in [5.74, 6) is -0.0647. The van der Waals surface area contributed by atoms with Gasteiger partial charge in [0.2, 0.25) is 0 Å². The minimum absolute atomic E-state index is 0.0647. The minimum atomic E-state index is -0.379. The Labute approximate surface area is 112 Å². The van der Waals surface area contributed by atoms with Crippen LogP contribution in [0.5, 0.6) is 0 Å². The second kappa shape index (κ2) is 5.46. The Morgan fingerprint density at radius 1 is 1.50 bits per heavy atom. The average molecular weight is 351 g/mol. The third-order valence-corrected chi connectivity index (χ3v) is 4.66. The number of thiophene rings is 1. The number of aliphatic hydroxyl groups is 1. The maximum absolute atomic E-state index is 11.9. The summed E-state index contributed by atoms with van der Waals surface area (Å²) in [6, 6.07) is 1.80. The number of hydrogen-bond donors (Lipinski definition) is 2. The van der Waals surface area contributed by atoms with E-state index in [2.05, 4.69) is 27.9 Å². The van der Waals surface area contributed by atoms with Crippen LogP contribution in [0.4, 0.5) is 0 Å². The van der Waals surface area contributed by atoms with Gasteiger partial charge < -0.3 is 10.4 Å². The second-order valence-corrected chi connectivity index (χ2v) is 6.88. The molecule has 0 aromatic carbocycles. The van der Waals surface area contributed by atoms with Crippen LogP contribution >= 0.6 is 33.9 Å². The van der Waals surface area contributed by atoms with Gasteiger partial charge in [-0.1, -0.05) is 12.8 Å². The predicted octanol–water partition coefficient (Wildman–Crippen LogP) is 2.39. The second-order valence-electron chi connectivity index (χ2n) is 4.07. The van der Waals surface area contributed by atoms with Crippen molar-refractivity contribution in [3.05, 3.63) is 19.9 Å². The molecule has 1 aromatic heterocycles. The van der Waals surface area contributed by atoms with E-state index < -0.39 is 0 Å². The molecule has 1 aliphatic rings. The fraction of sp³-hybridized carbons (Fsp3) is 0.545. The fourth-order valence-electron chi connectivity index (χ4n) is 1.96. The van der Waals surface area contributed by atoms with Gasteiger partial charge in [0.1, 0.15) is 0 Å². The molecule has 0 unspecified atom stereocenters. The van der Waals surface area contributed by atoms with Crippen molar-refractivity contribution in [2.75, 3.05) is 0 Å². The van der Waals surface area contributed by atoms with E-state index in [9.17, 15) is 9.90 Å². The topological polar surface area (TPSA) is 49.3 Å². The Kier molecular flexibility index (Phi) is 4.21. The smallest absolute Gasteiger partial charge is 0.252 e. The number of rotatable bonds is 2. The van der Waals surface area contributed by atoms with Crippen molar-refractivity contribution in [1.29, 1.82) is 0 Å². The summed E-state index contributed by atoms with van der Waals surface area (Å²) in [6.07, 6.45) is 3.45. The molecule has 1 heterocycles. The van der Waals surface area contributed by atoms with E-state index in [1.165, 1.54) is 0 Å². The zero-order valence-corrected chi connectivity index (χ0v) is 11.8. The van der Waals surface area contributed by atoms with Gasteiger partial charge in [-0.2, -0.15) is 0 Å². The van der Waals surface area contributed by atoms with Crippen LogP contribution in [0.1, 0.15) is 36.0 Å². The summed E-state index contributed by atoms with van der Waals surface area (Å²) in [5.41, 5.74) is 0.701. The number of halogens is 1. The van der Waals surface area contributed by atoms with Gasteiger partial charge in [0, 0.05) is 5.38 Å². The van der Waals surface area contributed by atoms with Crippen LogP contribution in [0.3, 0.4) is 0 Å². The molecule has 1 fully saturated rings. The van der Waals surface area contributed by atoms with Crippen molar-refractivity contribution in [3.63, 3.8) is 0 Å². The van der Waals surface area contributed by atoms with Crippen molar-refractivity contribution in [1.82, 2.24) is 5.32 Å². The summed E-state index contributed by atoms with van der Waals surface area (Å²) in [6.45, 7) is 0. The van der Waals surface area contributed by atoms with Crippen molar-refractivity contribution in [3.8, 4) is 0 Å². The Hall–Kier alpha value is -0.140. The van der Waals surface area contributed by atoms with Gasteiger partial charge in [-0.15, -0.1) is 11.3 Å². The first-order valence-corrected chi connectivity index (χ1v) is 7.35. The quantitative estimate of drug-likeness (QED) is 0.804. The molecule has 1 saturated carbocycles. The van der Waals surface area contributed by atoms with Crippen LogP contribution in [0.15, 0.2) is 11.4 Å². The average Bonchev–Trinajstić information content (AvgIpc) is 2.68. The molecule has 0 spiro atoms. The van der Waals surface area contributed by atoms with Gasteiger partial charge >= 0.3 is 0 Å². The number of nitrogens with one attached hydrogen (secondary N) is 1. The van der Waals surface area contributed by atoms with E-state index in [0.717, 1.165) is 28.6 Å². The van der Waals surface area contributed by atoms with Crippen LogP contribution in [-0.2, 0) is 0 Å². The van der Waals surface area contributed by atoms with Gasteiger partial charge in [-0.25, -0.2) is 0 Å². The summed E-state index contributed by atoms with van der Waals surface area (Å²) >= 11 is 3.76. The summed E-state index contributed by atoms with van der Waals surface area (Å²) in [4.78, 5) is 11.9. The molecular formula is C11H14INO2S. The molecule has 1 aliphatic carbocycles. The number of carbonyl (C=O) groups excluding carboxylic acids is 1. The molecule has 2 atom stereocenters. The minimum Gasteiger partial charge on any atom is -0.391 e. The largest absolute Gasteiger partial charge is 0.391 e. The molecular weight excluding hydrogens is 337 g/mol. The van der Waals surface area contributed by atoms with Gasteiger partial charge in [0.05, 0.1) is 20.6 Å². The normalized spacial score (nSPS) is 25.4. The van der Waals surface area contributed by atoms with E-state index >= 15 is 0 Å². The van der Waals surface area contributed by atoms with E-state index in [-0.39, 0.29) is 18.1 Å². The zero-order chi connectivity index (χ0) is 11.5. The number of hydrogen-bond acceptors (Lipinski definition) is 3. The molecule has 88 valence electrons. The molecule has 0 saturated heterocycles. The Morgan fingerprint density at radius 3 is 2.88 bits per heavy atom. The lowest BCUT2D eigenvalue weighted by Crippen LogP contribution is -2.44. The maximum atomic E-state index is 11.9. The SMILES string of the molecule is O=C(N[C@H]1CCCC[C@@H]1O)c1csc(I)c1. The van der Waals surface area contributed by atoms with E-state index in [4.69, 9.17) is 0 Å². The van der Waals surface area contributed by atoms with Gasteiger partial charge in [-0.3, -0.25) is 4.79 Å².